The first kappa shape index (κ1) is 13.7. The molecule has 0 radical (unpaired) electrons. The molecule has 3 nitrogen and oxygen atoms in total. The largest absolute Gasteiger partial charge is 0.507 e. The summed E-state index contributed by atoms with van der Waals surface area (Å²) in [5, 5.41) is 21.8. The molecule has 0 fully saturated rings. The molecule has 0 heterocycles. The van der Waals surface area contributed by atoms with Crippen LogP contribution in [0.4, 0.5) is 5.69 Å². The Morgan fingerprint density at radius 3 is 2.68 bits per heavy atom. The van der Waals surface area contributed by atoms with Crippen molar-refractivity contribution in [3.8, 4) is 11.8 Å². The highest BCUT2D eigenvalue weighted by Gasteiger charge is 2.02. The molecule has 5 heteroatoms. The zero-order chi connectivity index (χ0) is 13.8. The van der Waals surface area contributed by atoms with Crippen LogP contribution in [0.5, 0.6) is 5.75 Å². The van der Waals surface area contributed by atoms with Crippen molar-refractivity contribution in [2.75, 3.05) is 5.32 Å². The van der Waals surface area contributed by atoms with Crippen molar-refractivity contribution in [2.24, 2.45) is 0 Å². The molecule has 0 aliphatic heterocycles. The predicted octanol–water partition coefficient (Wildman–Crippen LogP) is 4.29. The summed E-state index contributed by atoms with van der Waals surface area (Å²) in [6, 6.07) is 12.5. The van der Waals surface area contributed by atoms with Gasteiger partial charge in [-0.15, -0.1) is 0 Å². The minimum Gasteiger partial charge on any atom is -0.507 e. The van der Waals surface area contributed by atoms with E-state index in [-0.39, 0.29) is 5.75 Å². The van der Waals surface area contributed by atoms with Crippen LogP contribution in [0.2, 0.25) is 5.02 Å². The number of hydrogen-bond donors (Lipinski definition) is 2. The maximum absolute atomic E-state index is 9.41. The summed E-state index contributed by atoms with van der Waals surface area (Å²) < 4.78 is 0.657. The van der Waals surface area contributed by atoms with Gasteiger partial charge in [-0.05, 0) is 51.8 Å². The Labute approximate surface area is 124 Å². The molecule has 0 saturated heterocycles. The second-order valence-electron chi connectivity index (χ2n) is 3.95. The zero-order valence-corrected chi connectivity index (χ0v) is 12.2. The van der Waals surface area contributed by atoms with E-state index in [1.165, 1.54) is 0 Å². The van der Waals surface area contributed by atoms with Gasteiger partial charge < -0.3 is 10.4 Å². The molecule has 2 aromatic rings. The van der Waals surface area contributed by atoms with E-state index in [4.69, 9.17) is 16.9 Å². The highest BCUT2D eigenvalue weighted by atomic mass is 79.9. The van der Waals surface area contributed by atoms with Gasteiger partial charge in [-0.25, -0.2) is 0 Å². The van der Waals surface area contributed by atoms with Crippen molar-refractivity contribution in [1.29, 1.82) is 5.26 Å². The molecule has 0 aliphatic rings. The molecule has 0 aromatic heterocycles. The maximum atomic E-state index is 9.41. The van der Waals surface area contributed by atoms with Crippen LogP contribution in [0.1, 0.15) is 11.1 Å². The normalized spacial score (nSPS) is 9.95. The standard InChI is InChI=1S/C14H10BrClN2O/c15-12-5-9(1-4-14(12)19)8-18-11-3-2-10(7-17)13(16)6-11/h1-6,18-19H,8H2. The number of halogens is 2. The predicted molar refractivity (Wildman–Crippen MR) is 79.3 cm³/mol. The molecule has 2 rings (SSSR count). The molecular formula is C14H10BrClN2O. The van der Waals surface area contributed by atoms with Gasteiger partial charge in [0.25, 0.3) is 0 Å². The average molecular weight is 338 g/mol. The first-order chi connectivity index (χ1) is 9.10. The number of anilines is 1. The smallest absolute Gasteiger partial charge is 0.129 e. The lowest BCUT2D eigenvalue weighted by molar-refractivity contribution is 0.471. The summed E-state index contributed by atoms with van der Waals surface area (Å²) >= 11 is 9.22. The van der Waals surface area contributed by atoms with Crippen molar-refractivity contribution >= 4 is 33.2 Å². The van der Waals surface area contributed by atoms with E-state index >= 15 is 0 Å². The third-order valence-electron chi connectivity index (χ3n) is 2.60. The summed E-state index contributed by atoms with van der Waals surface area (Å²) in [4.78, 5) is 0. The van der Waals surface area contributed by atoms with Gasteiger partial charge in [-0.2, -0.15) is 5.26 Å². The minimum absolute atomic E-state index is 0.213. The van der Waals surface area contributed by atoms with Gasteiger partial charge >= 0.3 is 0 Å². The van der Waals surface area contributed by atoms with E-state index in [0.717, 1.165) is 11.3 Å². The molecule has 0 spiro atoms. The van der Waals surface area contributed by atoms with Gasteiger partial charge in [0.15, 0.2) is 0 Å². The molecule has 0 atom stereocenters. The molecule has 0 saturated carbocycles. The molecule has 2 N–H and O–H groups in total. The van der Waals surface area contributed by atoms with Crippen LogP contribution < -0.4 is 5.32 Å². The number of phenols is 1. The lowest BCUT2D eigenvalue weighted by atomic mass is 10.2. The number of nitrogens with one attached hydrogen (secondary N) is 1. The van der Waals surface area contributed by atoms with E-state index in [9.17, 15) is 5.11 Å². The highest BCUT2D eigenvalue weighted by Crippen LogP contribution is 2.25. The van der Waals surface area contributed by atoms with Crippen LogP contribution in [-0.2, 0) is 6.54 Å². The molecule has 0 amide bonds. The Bertz CT molecular complexity index is 652. The summed E-state index contributed by atoms with van der Waals surface area (Å²) in [5.41, 5.74) is 2.32. The second kappa shape index (κ2) is 5.96. The number of nitriles is 1. The monoisotopic (exact) mass is 336 g/mol. The van der Waals surface area contributed by atoms with Gasteiger partial charge in [0, 0.05) is 12.2 Å². The van der Waals surface area contributed by atoms with E-state index in [1.807, 2.05) is 18.2 Å². The first-order valence-corrected chi connectivity index (χ1v) is 6.68. The third kappa shape index (κ3) is 3.40. The van der Waals surface area contributed by atoms with Gasteiger partial charge in [-0.1, -0.05) is 17.7 Å². The number of hydrogen-bond acceptors (Lipinski definition) is 3. The summed E-state index contributed by atoms with van der Waals surface area (Å²) in [5.74, 6) is 0.213. The highest BCUT2D eigenvalue weighted by molar-refractivity contribution is 9.10. The van der Waals surface area contributed by atoms with Crippen molar-refractivity contribution in [3.05, 3.63) is 57.0 Å². The first-order valence-electron chi connectivity index (χ1n) is 5.51. The number of phenolic OH excluding ortho intramolecular Hbond substituents is 1. The SMILES string of the molecule is N#Cc1ccc(NCc2ccc(O)c(Br)c2)cc1Cl. The Balaban J connectivity index is 2.08. The molecule has 0 aliphatic carbocycles. The van der Waals surface area contributed by atoms with E-state index in [1.54, 1.807) is 24.3 Å². The number of aromatic hydroxyl groups is 1. The molecule has 96 valence electrons. The van der Waals surface area contributed by atoms with E-state index in [0.29, 0.717) is 21.6 Å². The van der Waals surface area contributed by atoms with Crippen molar-refractivity contribution in [1.82, 2.24) is 0 Å². The van der Waals surface area contributed by atoms with Crippen LogP contribution >= 0.6 is 27.5 Å². The number of benzene rings is 2. The quantitative estimate of drug-likeness (QED) is 0.878. The maximum Gasteiger partial charge on any atom is 0.129 e. The fourth-order valence-corrected chi connectivity index (χ4v) is 2.23. The topological polar surface area (TPSA) is 56.0 Å². The summed E-state index contributed by atoms with van der Waals surface area (Å²) in [7, 11) is 0. The van der Waals surface area contributed by atoms with Crippen LogP contribution in [0.3, 0.4) is 0 Å². The van der Waals surface area contributed by atoms with Gasteiger partial charge in [0.2, 0.25) is 0 Å². The lowest BCUT2D eigenvalue weighted by Gasteiger charge is -2.08. The molecular weight excluding hydrogens is 328 g/mol. The minimum atomic E-state index is 0.213. The fourth-order valence-electron chi connectivity index (χ4n) is 1.58. The lowest BCUT2D eigenvalue weighted by Crippen LogP contribution is -1.99. The van der Waals surface area contributed by atoms with Crippen LogP contribution in [0.15, 0.2) is 40.9 Å². The molecule has 0 unspecified atom stereocenters. The zero-order valence-electron chi connectivity index (χ0n) is 9.82. The van der Waals surface area contributed by atoms with E-state index < -0.39 is 0 Å². The average Bonchev–Trinajstić information content (AvgIpc) is 2.40. The van der Waals surface area contributed by atoms with Crippen LogP contribution in [0.25, 0.3) is 0 Å². The Morgan fingerprint density at radius 1 is 1.26 bits per heavy atom. The third-order valence-corrected chi connectivity index (χ3v) is 3.55. The van der Waals surface area contributed by atoms with Crippen molar-refractivity contribution in [3.63, 3.8) is 0 Å². The molecule has 19 heavy (non-hydrogen) atoms. The molecule has 0 bridgehead atoms. The number of nitrogens with zero attached hydrogens (tertiary/aromatic N) is 1. The Kier molecular flexibility index (Phi) is 4.31. The summed E-state index contributed by atoms with van der Waals surface area (Å²) in [6.07, 6.45) is 0. The van der Waals surface area contributed by atoms with Gasteiger partial charge in [0.05, 0.1) is 15.1 Å². The number of rotatable bonds is 3. The van der Waals surface area contributed by atoms with Gasteiger partial charge in [0.1, 0.15) is 11.8 Å². The second-order valence-corrected chi connectivity index (χ2v) is 5.21. The van der Waals surface area contributed by atoms with Crippen LogP contribution in [0, 0.1) is 11.3 Å². The Morgan fingerprint density at radius 2 is 2.05 bits per heavy atom. The van der Waals surface area contributed by atoms with E-state index in [2.05, 4.69) is 21.2 Å². The summed E-state index contributed by atoms with van der Waals surface area (Å²) in [6.45, 7) is 0.598. The van der Waals surface area contributed by atoms with Crippen LogP contribution in [-0.4, -0.2) is 5.11 Å². The van der Waals surface area contributed by atoms with Gasteiger partial charge in [-0.3, -0.25) is 0 Å². The Hall–Kier alpha value is -1.70. The van der Waals surface area contributed by atoms with Crippen molar-refractivity contribution < 1.29 is 5.11 Å². The molecule has 2 aromatic carbocycles. The fraction of sp³-hybridized carbons (Fsp3) is 0.0714. The van der Waals surface area contributed by atoms with Crippen molar-refractivity contribution in [2.45, 2.75) is 6.54 Å².